The standard InChI is InChI=1S/C19H20N4O3/c1-14-4-6-15(7-5-14)25-13-18(24)23-10-2-3-16(12-23)26-19-17(11-20)21-8-9-22-19/h4-9,16H,2-3,10,12-13H2,1H3. The van der Waals surface area contributed by atoms with E-state index in [2.05, 4.69) is 9.97 Å². The minimum Gasteiger partial charge on any atom is -0.484 e. The largest absolute Gasteiger partial charge is 0.484 e. The minimum atomic E-state index is -0.212. The molecule has 2 aromatic rings. The van der Waals surface area contributed by atoms with Crippen LogP contribution in [0.1, 0.15) is 24.1 Å². The quantitative estimate of drug-likeness (QED) is 0.819. The molecular weight excluding hydrogens is 332 g/mol. The Balaban J connectivity index is 1.55. The molecule has 7 nitrogen and oxygen atoms in total. The van der Waals surface area contributed by atoms with Crippen molar-refractivity contribution < 1.29 is 14.3 Å². The van der Waals surface area contributed by atoms with E-state index in [1.807, 2.05) is 37.3 Å². The summed E-state index contributed by atoms with van der Waals surface area (Å²) in [7, 11) is 0. The first-order valence-electron chi connectivity index (χ1n) is 8.50. The molecule has 3 rings (SSSR count). The Kier molecular flexibility index (Phi) is 5.64. The molecule has 0 bridgehead atoms. The van der Waals surface area contributed by atoms with Gasteiger partial charge in [0, 0.05) is 18.9 Å². The van der Waals surface area contributed by atoms with E-state index < -0.39 is 0 Å². The summed E-state index contributed by atoms with van der Waals surface area (Å²) < 4.78 is 11.4. The lowest BCUT2D eigenvalue weighted by molar-refractivity contribution is -0.136. The van der Waals surface area contributed by atoms with Crippen molar-refractivity contribution >= 4 is 5.91 Å². The van der Waals surface area contributed by atoms with E-state index in [9.17, 15) is 4.79 Å². The summed E-state index contributed by atoms with van der Waals surface area (Å²) in [6.45, 7) is 3.10. The lowest BCUT2D eigenvalue weighted by Crippen LogP contribution is -2.46. The third-order valence-corrected chi connectivity index (χ3v) is 4.16. The molecule has 134 valence electrons. The van der Waals surface area contributed by atoms with Gasteiger partial charge in [0.05, 0.1) is 6.54 Å². The lowest BCUT2D eigenvalue weighted by atomic mass is 10.1. The van der Waals surface area contributed by atoms with Crippen LogP contribution >= 0.6 is 0 Å². The fourth-order valence-electron chi connectivity index (χ4n) is 2.78. The van der Waals surface area contributed by atoms with E-state index in [0.717, 1.165) is 18.4 Å². The molecule has 1 aliphatic rings. The van der Waals surface area contributed by atoms with E-state index in [0.29, 0.717) is 18.8 Å². The Bertz CT molecular complexity index is 801. The van der Waals surface area contributed by atoms with Crippen molar-refractivity contribution in [2.45, 2.75) is 25.9 Å². The van der Waals surface area contributed by atoms with Crippen LogP contribution in [0.5, 0.6) is 11.6 Å². The highest BCUT2D eigenvalue weighted by atomic mass is 16.5. The van der Waals surface area contributed by atoms with Crippen LogP contribution < -0.4 is 9.47 Å². The van der Waals surface area contributed by atoms with Gasteiger partial charge in [-0.05, 0) is 31.9 Å². The predicted molar refractivity (Wildman–Crippen MR) is 93.7 cm³/mol. The predicted octanol–water partition coefficient (Wildman–Crippen LogP) is 2.11. The first-order valence-corrected chi connectivity index (χ1v) is 8.50. The molecule has 7 heteroatoms. The maximum Gasteiger partial charge on any atom is 0.260 e. The Morgan fingerprint density at radius 1 is 1.31 bits per heavy atom. The van der Waals surface area contributed by atoms with Crippen LogP contribution in [0.4, 0.5) is 0 Å². The van der Waals surface area contributed by atoms with Gasteiger partial charge >= 0.3 is 0 Å². The number of aromatic nitrogens is 2. The first-order chi connectivity index (χ1) is 12.7. The molecule has 1 atom stereocenters. The van der Waals surface area contributed by atoms with E-state index in [-0.39, 0.29) is 30.2 Å². The molecule has 0 radical (unpaired) electrons. The zero-order valence-corrected chi connectivity index (χ0v) is 14.6. The third-order valence-electron chi connectivity index (χ3n) is 4.16. The number of carbonyl (C=O) groups excluding carboxylic acids is 1. The highest BCUT2D eigenvalue weighted by Crippen LogP contribution is 2.19. The Morgan fingerprint density at radius 3 is 2.85 bits per heavy atom. The summed E-state index contributed by atoms with van der Waals surface area (Å²) in [4.78, 5) is 22.1. The van der Waals surface area contributed by atoms with Gasteiger partial charge in [-0.3, -0.25) is 4.79 Å². The second kappa shape index (κ2) is 8.30. The molecule has 1 fully saturated rings. The summed E-state index contributed by atoms with van der Waals surface area (Å²) in [6.07, 6.45) is 4.34. The van der Waals surface area contributed by atoms with Crippen molar-refractivity contribution in [3.63, 3.8) is 0 Å². The molecular formula is C19H20N4O3. The molecule has 1 amide bonds. The lowest BCUT2D eigenvalue weighted by Gasteiger charge is -2.32. The zero-order chi connectivity index (χ0) is 18.4. The van der Waals surface area contributed by atoms with Crippen LogP contribution in [0.2, 0.25) is 0 Å². The highest BCUT2D eigenvalue weighted by molar-refractivity contribution is 5.77. The van der Waals surface area contributed by atoms with Gasteiger partial charge in [0.15, 0.2) is 6.61 Å². The molecule has 1 saturated heterocycles. The molecule has 1 unspecified atom stereocenters. The Labute approximate surface area is 152 Å². The zero-order valence-electron chi connectivity index (χ0n) is 14.6. The van der Waals surface area contributed by atoms with Gasteiger partial charge in [0.1, 0.15) is 17.9 Å². The van der Waals surface area contributed by atoms with E-state index >= 15 is 0 Å². The second-order valence-corrected chi connectivity index (χ2v) is 6.15. The van der Waals surface area contributed by atoms with E-state index in [1.165, 1.54) is 12.4 Å². The first kappa shape index (κ1) is 17.7. The van der Waals surface area contributed by atoms with Gasteiger partial charge in [-0.15, -0.1) is 0 Å². The normalized spacial score (nSPS) is 16.6. The molecule has 26 heavy (non-hydrogen) atoms. The number of rotatable bonds is 5. The molecule has 0 spiro atoms. The number of carbonyl (C=O) groups is 1. The van der Waals surface area contributed by atoms with Gasteiger partial charge in [-0.1, -0.05) is 17.7 Å². The summed E-state index contributed by atoms with van der Waals surface area (Å²) in [5.41, 5.74) is 1.29. The molecule has 1 aromatic carbocycles. The minimum absolute atomic E-state index is 0.00955. The summed E-state index contributed by atoms with van der Waals surface area (Å²) in [5.74, 6) is 0.802. The van der Waals surface area contributed by atoms with Gasteiger partial charge in [0.2, 0.25) is 5.69 Å². The molecule has 0 saturated carbocycles. The number of aryl methyl sites for hydroxylation is 1. The van der Waals surface area contributed by atoms with Crippen molar-refractivity contribution in [1.82, 2.24) is 14.9 Å². The van der Waals surface area contributed by atoms with Crippen molar-refractivity contribution in [2.24, 2.45) is 0 Å². The molecule has 1 aliphatic heterocycles. The summed E-state index contributed by atoms with van der Waals surface area (Å²) in [5, 5.41) is 9.07. The number of benzene rings is 1. The SMILES string of the molecule is Cc1ccc(OCC(=O)N2CCCC(Oc3nccnc3C#N)C2)cc1. The average molecular weight is 352 g/mol. The average Bonchev–Trinajstić information content (AvgIpc) is 2.68. The van der Waals surface area contributed by atoms with Crippen molar-refractivity contribution in [3.05, 3.63) is 47.9 Å². The Hall–Kier alpha value is -3.14. The van der Waals surface area contributed by atoms with E-state index in [1.54, 1.807) is 4.90 Å². The maximum absolute atomic E-state index is 12.4. The monoisotopic (exact) mass is 352 g/mol. The van der Waals surface area contributed by atoms with Crippen LogP contribution in [-0.2, 0) is 4.79 Å². The van der Waals surface area contributed by atoms with Crippen molar-refractivity contribution in [2.75, 3.05) is 19.7 Å². The van der Waals surface area contributed by atoms with Crippen molar-refractivity contribution in [3.8, 4) is 17.7 Å². The highest BCUT2D eigenvalue weighted by Gasteiger charge is 2.26. The smallest absolute Gasteiger partial charge is 0.260 e. The maximum atomic E-state index is 12.4. The fourth-order valence-corrected chi connectivity index (χ4v) is 2.78. The summed E-state index contributed by atoms with van der Waals surface area (Å²) >= 11 is 0. The topological polar surface area (TPSA) is 88.3 Å². The molecule has 1 aromatic heterocycles. The van der Waals surface area contributed by atoms with Gasteiger partial charge in [0.25, 0.3) is 11.8 Å². The van der Waals surface area contributed by atoms with Crippen molar-refractivity contribution in [1.29, 1.82) is 5.26 Å². The number of nitrogens with zero attached hydrogens (tertiary/aromatic N) is 4. The van der Waals surface area contributed by atoms with E-state index in [4.69, 9.17) is 14.7 Å². The third kappa shape index (κ3) is 4.48. The van der Waals surface area contributed by atoms with Gasteiger partial charge < -0.3 is 14.4 Å². The number of amides is 1. The number of nitriles is 1. The van der Waals surface area contributed by atoms with Crippen LogP contribution in [0.3, 0.4) is 0 Å². The van der Waals surface area contributed by atoms with Gasteiger partial charge in [-0.25, -0.2) is 9.97 Å². The molecule has 2 heterocycles. The van der Waals surface area contributed by atoms with Crippen LogP contribution in [0, 0.1) is 18.3 Å². The van der Waals surface area contributed by atoms with Crippen LogP contribution in [0.25, 0.3) is 0 Å². The fraction of sp³-hybridized carbons (Fsp3) is 0.368. The van der Waals surface area contributed by atoms with Gasteiger partial charge in [-0.2, -0.15) is 5.26 Å². The number of hydrogen-bond donors (Lipinski definition) is 0. The molecule has 0 aliphatic carbocycles. The van der Waals surface area contributed by atoms with Crippen LogP contribution in [-0.4, -0.2) is 46.6 Å². The number of ether oxygens (including phenoxy) is 2. The molecule has 0 N–H and O–H groups in total. The number of piperidine rings is 1. The second-order valence-electron chi connectivity index (χ2n) is 6.15. The number of hydrogen-bond acceptors (Lipinski definition) is 6. The number of likely N-dealkylation sites (tertiary alicyclic amines) is 1. The Morgan fingerprint density at radius 2 is 2.08 bits per heavy atom. The van der Waals surface area contributed by atoms with Crippen LogP contribution in [0.15, 0.2) is 36.7 Å². The summed E-state index contributed by atoms with van der Waals surface area (Å²) in [6, 6.07) is 9.55.